The van der Waals surface area contributed by atoms with E-state index < -0.39 is 0 Å². The van der Waals surface area contributed by atoms with Gasteiger partial charge in [-0.3, -0.25) is 19.5 Å². The lowest BCUT2D eigenvalue weighted by atomic mass is 9.85. The summed E-state index contributed by atoms with van der Waals surface area (Å²) in [5.74, 6) is 1.07. The van der Waals surface area contributed by atoms with Gasteiger partial charge in [-0.15, -0.1) is 24.0 Å². The third-order valence-electron chi connectivity index (χ3n) is 6.81. The van der Waals surface area contributed by atoms with Crippen molar-refractivity contribution in [2.45, 2.75) is 39.3 Å². The van der Waals surface area contributed by atoms with Crippen molar-refractivity contribution in [2.24, 2.45) is 28.7 Å². The summed E-state index contributed by atoms with van der Waals surface area (Å²) in [5, 5.41) is 6.63. The van der Waals surface area contributed by atoms with Crippen molar-refractivity contribution in [3.63, 3.8) is 0 Å². The Kier molecular flexibility index (Phi) is 9.31. The average molecular weight is 566 g/mol. The van der Waals surface area contributed by atoms with E-state index in [0.717, 1.165) is 19.4 Å². The largest absolute Gasteiger partial charge is 0.377 e. The number of carbonyl (C=O) groups is 2. The number of guanidine groups is 1. The van der Waals surface area contributed by atoms with Crippen LogP contribution in [0.15, 0.2) is 41.4 Å². The van der Waals surface area contributed by atoms with Crippen molar-refractivity contribution in [1.82, 2.24) is 15.5 Å². The molecule has 2 amide bonds. The van der Waals surface area contributed by atoms with E-state index in [-0.39, 0.29) is 59.5 Å². The molecule has 4 atom stereocenters. The number of benzene rings is 1. The molecule has 33 heavy (non-hydrogen) atoms. The molecule has 0 spiro atoms. The Morgan fingerprint density at radius 2 is 1.76 bits per heavy atom. The molecular formula is C25H35IN4O3. The molecule has 1 aromatic rings. The van der Waals surface area contributed by atoms with Crippen molar-refractivity contribution in [3.8, 4) is 0 Å². The predicted molar refractivity (Wildman–Crippen MR) is 139 cm³/mol. The number of nitrogens with one attached hydrogen (secondary N) is 2. The van der Waals surface area contributed by atoms with E-state index >= 15 is 0 Å². The smallest absolute Gasteiger partial charge is 0.233 e. The van der Waals surface area contributed by atoms with Crippen LogP contribution in [0.4, 0.5) is 0 Å². The highest BCUT2D eigenvalue weighted by atomic mass is 127. The number of nitrogens with zero attached hydrogens (tertiary/aromatic N) is 2. The zero-order valence-corrected chi connectivity index (χ0v) is 21.8. The Labute approximate surface area is 213 Å². The third kappa shape index (κ3) is 5.59. The number of ether oxygens (including phenoxy) is 1. The second-order valence-corrected chi connectivity index (χ2v) is 8.86. The van der Waals surface area contributed by atoms with E-state index in [2.05, 4.69) is 46.8 Å². The van der Waals surface area contributed by atoms with Gasteiger partial charge in [-0.1, -0.05) is 43.3 Å². The van der Waals surface area contributed by atoms with Crippen molar-refractivity contribution in [2.75, 3.05) is 26.7 Å². The first-order chi connectivity index (χ1) is 15.6. The zero-order chi connectivity index (χ0) is 22.5. The van der Waals surface area contributed by atoms with Gasteiger partial charge < -0.3 is 15.4 Å². The van der Waals surface area contributed by atoms with Gasteiger partial charge in [0.2, 0.25) is 11.8 Å². The lowest BCUT2D eigenvalue weighted by Gasteiger charge is -2.18. The maximum absolute atomic E-state index is 12.8. The van der Waals surface area contributed by atoms with Crippen LogP contribution in [-0.4, -0.2) is 49.4 Å². The van der Waals surface area contributed by atoms with Crippen LogP contribution in [0, 0.1) is 23.7 Å². The highest BCUT2D eigenvalue weighted by molar-refractivity contribution is 14.0. The Balaban J connectivity index is 0.00000306. The van der Waals surface area contributed by atoms with Gasteiger partial charge in [0.25, 0.3) is 0 Å². The number of amides is 2. The Hall–Kier alpha value is -1.94. The van der Waals surface area contributed by atoms with Crippen molar-refractivity contribution >= 4 is 41.8 Å². The molecular weight excluding hydrogens is 531 g/mol. The van der Waals surface area contributed by atoms with E-state index in [1.165, 1.54) is 16.0 Å². The molecule has 7 nitrogen and oxygen atoms in total. The maximum Gasteiger partial charge on any atom is 0.233 e. The lowest BCUT2D eigenvalue weighted by Crippen LogP contribution is -2.39. The molecule has 0 aromatic heterocycles. The fourth-order valence-corrected chi connectivity index (χ4v) is 5.23. The minimum absolute atomic E-state index is 0. The molecule has 1 saturated carbocycles. The Morgan fingerprint density at radius 1 is 1.09 bits per heavy atom. The molecule has 180 valence electrons. The number of imide groups is 1. The van der Waals surface area contributed by atoms with Gasteiger partial charge in [-0.05, 0) is 42.2 Å². The summed E-state index contributed by atoms with van der Waals surface area (Å²) in [4.78, 5) is 31.3. The predicted octanol–water partition coefficient (Wildman–Crippen LogP) is 3.09. The Bertz CT molecular complexity index is 873. The SMILES string of the molecule is CCCOCc1ccccc1CNC(=NC)NCCCN1C(=O)C2C3C=CC(C3)C2C1=O.I. The quantitative estimate of drug-likeness (QED) is 0.114. The monoisotopic (exact) mass is 566 g/mol. The maximum atomic E-state index is 12.8. The average Bonchev–Trinajstić information content (AvgIpc) is 3.49. The van der Waals surface area contributed by atoms with Gasteiger partial charge in [0, 0.05) is 33.3 Å². The molecule has 2 bridgehead atoms. The summed E-state index contributed by atoms with van der Waals surface area (Å²) < 4.78 is 5.70. The van der Waals surface area contributed by atoms with Crippen LogP contribution < -0.4 is 10.6 Å². The van der Waals surface area contributed by atoms with Gasteiger partial charge in [0.05, 0.1) is 18.4 Å². The fraction of sp³-hybridized carbons (Fsp3) is 0.560. The van der Waals surface area contributed by atoms with E-state index in [9.17, 15) is 9.59 Å². The normalized spacial score (nSPS) is 25.4. The molecule has 4 rings (SSSR count). The van der Waals surface area contributed by atoms with Crippen LogP contribution >= 0.6 is 24.0 Å². The first-order valence-electron chi connectivity index (χ1n) is 11.8. The highest BCUT2D eigenvalue weighted by Crippen LogP contribution is 2.52. The number of allylic oxidation sites excluding steroid dienone is 2. The number of likely N-dealkylation sites (tertiary alicyclic amines) is 1. The molecule has 1 saturated heterocycles. The second kappa shape index (κ2) is 12.0. The van der Waals surface area contributed by atoms with Crippen LogP contribution in [0.5, 0.6) is 0 Å². The van der Waals surface area contributed by atoms with Crippen LogP contribution in [0.3, 0.4) is 0 Å². The first-order valence-corrected chi connectivity index (χ1v) is 11.8. The molecule has 2 N–H and O–H groups in total. The number of fused-ring (bicyclic) bond motifs is 5. The summed E-state index contributed by atoms with van der Waals surface area (Å²) >= 11 is 0. The van der Waals surface area contributed by atoms with E-state index in [0.29, 0.717) is 38.6 Å². The molecule has 4 unspecified atom stereocenters. The second-order valence-electron chi connectivity index (χ2n) is 8.86. The summed E-state index contributed by atoms with van der Waals surface area (Å²) in [7, 11) is 1.74. The molecule has 1 aromatic carbocycles. The standard InChI is InChI=1S/C25H34N4O3.HI/c1-3-13-32-16-20-8-5-4-7-19(20)15-28-25(26-2)27-11-6-12-29-23(30)21-17-9-10-18(14-17)22(21)24(29)31;/h4-5,7-10,17-18,21-22H,3,6,11-16H2,1-2H3,(H2,26,27,28);1H. The number of halogens is 1. The molecule has 3 aliphatic rings. The summed E-state index contributed by atoms with van der Waals surface area (Å²) in [6, 6.07) is 8.23. The van der Waals surface area contributed by atoms with Crippen molar-refractivity contribution in [1.29, 1.82) is 0 Å². The first kappa shape index (κ1) is 25.7. The minimum Gasteiger partial charge on any atom is -0.377 e. The Morgan fingerprint density at radius 3 is 2.39 bits per heavy atom. The topological polar surface area (TPSA) is 83.0 Å². The molecule has 1 aliphatic heterocycles. The number of hydrogen-bond donors (Lipinski definition) is 2. The minimum atomic E-state index is -0.110. The molecule has 2 aliphatic carbocycles. The van der Waals surface area contributed by atoms with Crippen molar-refractivity contribution in [3.05, 3.63) is 47.5 Å². The number of hydrogen-bond acceptors (Lipinski definition) is 4. The number of carbonyl (C=O) groups excluding carboxylic acids is 2. The van der Waals surface area contributed by atoms with E-state index in [4.69, 9.17) is 4.74 Å². The van der Waals surface area contributed by atoms with E-state index in [1.54, 1.807) is 7.05 Å². The molecule has 2 fully saturated rings. The fourth-order valence-electron chi connectivity index (χ4n) is 5.23. The van der Waals surface area contributed by atoms with Gasteiger partial charge >= 0.3 is 0 Å². The summed E-state index contributed by atoms with van der Waals surface area (Å²) in [6.45, 7) is 5.21. The van der Waals surface area contributed by atoms with Crippen molar-refractivity contribution < 1.29 is 14.3 Å². The molecule has 0 radical (unpaired) electrons. The number of aliphatic imine (C=N–C) groups is 1. The van der Waals surface area contributed by atoms with E-state index in [1.807, 2.05) is 12.1 Å². The van der Waals surface area contributed by atoms with Crippen LogP contribution in [0.1, 0.15) is 37.3 Å². The van der Waals surface area contributed by atoms with Crippen LogP contribution in [-0.2, 0) is 27.5 Å². The van der Waals surface area contributed by atoms with Gasteiger partial charge in [-0.25, -0.2) is 0 Å². The van der Waals surface area contributed by atoms with Gasteiger partial charge in [0.1, 0.15) is 0 Å². The summed E-state index contributed by atoms with van der Waals surface area (Å²) in [5.41, 5.74) is 2.35. The van der Waals surface area contributed by atoms with Crippen LogP contribution in [0.2, 0.25) is 0 Å². The molecule has 1 heterocycles. The van der Waals surface area contributed by atoms with Gasteiger partial charge in [-0.2, -0.15) is 0 Å². The molecule has 8 heteroatoms. The highest BCUT2D eigenvalue weighted by Gasteiger charge is 2.58. The number of rotatable bonds is 10. The summed E-state index contributed by atoms with van der Waals surface area (Å²) in [6.07, 6.45) is 6.93. The third-order valence-corrected chi connectivity index (χ3v) is 6.81. The lowest BCUT2D eigenvalue weighted by molar-refractivity contribution is -0.140. The van der Waals surface area contributed by atoms with Gasteiger partial charge in [0.15, 0.2) is 5.96 Å². The van der Waals surface area contributed by atoms with Crippen LogP contribution in [0.25, 0.3) is 0 Å². The zero-order valence-electron chi connectivity index (χ0n) is 19.5.